The summed E-state index contributed by atoms with van der Waals surface area (Å²) in [6.45, 7) is 9.85. The predicted octanol–water partition coefficient (Wildman–Crippen LogP) is -0.158. The molecule has 1 atom stereocenters. The van der Waals surface area contributed by atoms with Crippen molar-refractivity contribution in [1.82, 2.24) is 15.1 Å². The van der Waals surface area contributed by atoms with Crippen LogP contribution in [0.15, 0.2) is 0 Å². The van der Waals surface area contributed by atoms with Crippen molar-refractivity contribution < 1.29 is 0 Å². The van der Waals surface area contributed by atoms with Crippen LogP contribution in [0.1, 0.15) is 6.92 Å². The molecule has 2 aliphatic rings. The van der Waals surface area contributed by atoms with Crippen molar-refractivity contribution in [3.63, 3.8) is 0 Å². The molecule has 0 radical (unpaired) electrons. The van der Waals surface area contributed by atoms with Crippen molar-refractivity contribution in [2.24, 2.45) is 5.92 Å². The summed E-state index contributed by atoms with van der Waals surface area (Å²) in [4.78, 5) is 5.01. The normalized spacial score (nSPS) is 33.2. The molecular weight excluding hydrogens is 162 g/mol. The highest BCUT2D eigenvalue weighted by Gasteiger charge is 2.26. The van der Waals surface area contributed by atoms with Crippen LogP contribution in [0.4, 0.5) is 0 Å². The summed E-state index contributed by atoms with van der Waals surface area (Å²) >= 11 is 0. The Bertz CT molecular complexity index is 166. The molecule has 0 aromatic carbocycles. The third kappa shape index (κ3) is 2.42. The van der Waals surface area contributed by atoms with Crippen molar-refractivity contribution in [3.8, 4) is 0 Å². The van der Waals surface area contributed by atoms with E-state index in [1.807, 2.05) is 0 Å². The highest BCUT2D eigenvalue weighted by molar-refractivity contribution is 4.83. The Morgan fingerprint density at radius 1 is 1.31 bits per heavy atom. The van der Waals surface area contributed by atoms with Gasteiger partial charge in [0.25, 0.3) is 0 Å². The first-order chi connectivity index (χ1) is 6.24. The van der Waals surface area contributed by atoms with Gasteiger partial charge in [-0.2, -0.15) is 0 Å². The van der Waals surface area contributed by atoms with Gasteiger partial charge < -0.3 is 15.1 Å². The lowest BCUT2D eigenvalue weighted by Crippen LogP contribution is -2.55. The molecule has 0 aliphatic carbocycles. The summed E-state index contributed by atoms with van der Waals surface area (Å²) in [5, 5.41) is 3.48. The number of nitrogens with one attached hydrogen (secondary N) is 1. The Hall–Kier alpha value is -0.120. The lowest BCUT2D eigenvalue weighted by molar-refractivity contribution is 0.0790. The van der Waals surface area contributed by atoms with E-state index in [1.165, 1.54) is 39.3 Å². The van der Waals surface area contributed by atoms with Crippen LogP contribution in [0.25, 0.3) is 0 Å². The third-order valence-corrected chi connectivity index (χ3v) is 3.11. The van der Waals surface area contributed by atoms with Crippen LogP contribution >= 0.6 is 0 Å². The fourth-order valence-corrected chi connectivity index (χ4v) is 2.49. The van der Waals surface area contributed by atoms with Crippen LogP contribution in [0, 0.1) is 5.92 Å². The molecule has 0 aromatic rings. The molecule has 76 valence electrons. The van der Waals surface area contributed by atoms with Crippen LogP contribution < -0.4 is 5.32 Å². The molecule has 2 fully saturated rings. The molecule has 0 amide bonds. The van der Waals surface area contributed by atoms with E-state index in [0.29, 0.717) is 6.04 Å². The fraction of sp³-hybridized carbons (Fsp3) is 1.00. The van der Waals surface area contributed by atoms with Gasteiger partial charge in [0.15, 0.2) is 0 Å². The SMILES string of the molecule is CC1CN(CC2CN(C)C2)CCN1. The zero-order chi connectivity index (χ0) is 9.26. The quantitative estimate of drug-likeness (QED) is 0.642. The average Bonchev–Trinajstić information content (AvgIpc) is 2.01. The van der Waals surface area contributed by atoms with E-state index in [4.69, 9.17) is 0 Å². The van der Waals surface area contributed by atoms with Gasteiger partial charge in [-0.15, -0.1) is 0 Å². The molecule has 0 aromatic heterocycles. The van der Waals surface area contributed by atoms with Crippen molar-refractivity contribution in [1.29, 1.82) is 0 Å². The number of hydrogen-bond donors (Lipinski definition) is 1. The Balaban J connectivity index is 1.69. The minimum Gasteiger partial charge on any atom is -0.312 e. The summed E-state index contributed by atoms with van der Waals surface area (Å²) in [5.41, 5.74) is 0. The molecule has 3 heteroatoms. The summed E-state index contributed by atoms with van der Waals surface area (Å²) in [6.07, 6.45) is 0. The van der Waals surface area contributed by atoms with E-state index in [9.17, 15) is 0 Å². The number of nitrogens with zero attached hydrogens (tertiary/aromatic N) is 2. The molecule has 2 aliphatic heterocycles. The van der Waals surface area contributed by atoms with Gasteiger partial charge in [-0.05, 0) is 19.9 Å². The largest absolute Gasteiger partial charge is 0.312 e. The standard InChI is InChI=1S/C10H21N3/c1-9-5-13(4-3-11-9)8-10-6-12(2)7-10/h9-11H,3-8H2,1-2H3. The smallest absolute Gasteiger partial charge is 0.0167 e. The number of piperazine rings is 1. The van der Waals surface area contributed by atoms with Crippen LogP contribution in [-0.2, 0) is 0 Å². The Morgan fingerprint density at radius 2 is 2.08 bits per heavy atom. The number of rotatable bonds is 2. The second kappa shape index (κ2) is 3.95. The van der Waals surface area contributed by atoms with Crippen molar-refractivity contribution in [2.75, 3.05) is 46.3 Å². The predicted molar refractivity (Wildman–Crippen MR) is 54.9 cm³/mol. The number of hydrogen-bond acceptors (Lipinski definition) is 3. The van der Waals surface area contributed by atoms with E-state index in [-0.39, 0.29) is 0 Å². The zero-order valence-corrected chi connectivity index (χ0v) is 8.79. The molecule has 13 heavy (non-hydrogen) atoms. The topological polar surface area (TPSA) is 18.5 Å². The summed E-state index contributed by atoms with van der Waals surface area (Å²) in [6, 6.07) is 0.687. The van der Waals surface area contributed by atoms with Gasteiger partial charge >= 0.3 is 0 Å². The van der Waals surface area contributed by atoms with Gasteiger partial charge in [0.2, 0.25) is 0 Å². The van der Waals surface area contributed by atoms with Crippen molar-refractivity contribution >= 4 is 0 Å². The Morgan fingerprint density at radius 3 is 2.69 bits per heavy atom. The van der Waals surface area contributed by atoms with Crippen LogP contribution in [0.5, 0.6) is 0 Å². The maximum absolute atomic E-state index is 3.48. The molecule has 2 heterocycles. The van der Waals surface area contributed by atoms with Gasteiger partial charge in [0.1, 0.15) is 0 Å². The molecule has 3 nitrogen and oxygen atoms in total. The second-order valence-corrected chi connectivity index (χ2v) is 4.70. The lowest BCUT2D eigenvalue weighted by Gasteiger charge is -2.41. The molecule has 0 saturated carbocycles. The maximum Gasteiger partial charge on any atom is 0.0167 e. The second-order valence-electron chi connectivity index (χ2n) is 4.70. The van der Waals surface area contributed by atoms with E-state index in [2.05, 4.69) is 29.1 Å². The maximum atomic E-state index is 3.48. The molecule has 2 saturated heterocycles. The minimum atomic E-state index is 0.687. The van der Waals surface area contributed by atoms with Crippen LogP contribution in [0.3, 0.4) is 0 Å². The summed E-state index contributed by atoms with van der Waals surface area (Å²) < 4.78 is 0. The summed E-state index contributed by atoms with van der Waals surface area (Å²) in [7, 11) is 2.21. The van der Waals surface area contributed by atoms with E-state index in [1.54, 1.807) is 0 Å². The van der Waals surface area contributed by atoms with Crippen molar-refractivity contribution in [2.45, 2.75) is 13.0 Å². The molecule has 2 rings (SSSR count). The lowest BCUT2D eigenvalue weighted by atomic mass is 10.00. The minimum absolute atomic E-state index is 0.687. The molecular formula is C10H21N3. The Kier molecular flexibility index (Phi) is 2.86. The first-order valence-corrected chi connectivity index (χ1v) is 5.38. The van der Waals surface area contributed by atoms with Crippen LogP contribution in [0.2, 0.25) is 0 Å². The van der Waals surface area contributed by atoms with Gasteiger partial charge in [-0.3, -0.25) is 0 Å². The highest BCUT2D eigenvalue weighted by Crippen LogP contribution is 2.14. The first-order valence-electron chi connectivity index (χ1n) is 5.38. The van der Waals surface area contributed by atoms with Gasteiger partial charge in [-0.25, -0.2) is 0 Å². The monoisotopic (exact) mass is 183 g/mol. The fourth-order valence-electron chi connectivity index (χ4n) is 2.49. The summed E-state index contributed by atoms with van der Waals surface area (Å²) in [5.74, 6) is 0.940. The molecule has 1 N–H and O–H groups in total. The molecule has 0 bridgehead atoms. The van der Waals surface area contributed by atoms with Gasteiger partial charge in [-0.1, -0.05) is 0 Å². The number of likely N-dealkylation sites (tertiary alicyclic amines) is 1. The average molecular weight is 183 g/mol. The third-order valence-electron chi connectivity index (χ3n) is 3.11. The van der Waals surface area contributed by atoms with Gasteiger partial charge in [0.05, 0.1) is 0 Å². The first kappa shape index (κ1) is 9.44. The van der Waals surface area contributed by atoms with E-state index < -0.39 is 0 Å². The Labute approximate surface area is 81.1 Å². The van der Waals surface area contributed by atoms with Gasteiger partial charge in [0, 0.05) is 45.3 Å². The molecule has 1 unspecified atom stereocenters. The van der Waals surface area contributed by atoms with E-state index >= 15 is 0 Å². The molecule has 0 spiro atoms. The van der Waals surface area contributed by atoms with E-state index in [0.717, 1.165) is 5.92 Å². The highest BCUT2D eigenvalue weighted by atomic mass is 15.2. The van der Waals surface area contributed by atoms with Crippen LogP contribution in [-0.4, -0.2) is 62.2 Å². The zero-order valence-electron chi connectivity index (χ0n) is 8.79. The van der Waals surface area contributed by atoms with Crippen molar-refractivity contribution in [3.05, 3.63) is 0 Å².